The summed E-state index contributed by atoms with van der Waals surface area (Å²) in [7, 11) is 0. The molecule has 1 rings (SSSR count). The summed E-state index contributed by atoms with van der Waals surface area (Å²) in [5.74, 6) is -3.13. The molecule has 0 saturated carbocycles. The van der Waals surface area contributed by atoms with Gasteiger partial charge in [-0.25, -0.2) is 4.79 Å². The minimum absolute atomic E-state index is 0.134. The smallest absolute Gasteiger partial charge is 0.326 e. The molecule has 9 heteroatoms. The van der Waals surface area contributed by atoms with Crippen LogP contribution < -0.4 is 5.32 Å². The molecule has 0 aliphatic heterocycles. The number of carbonyl (C=O) groups is 3. The molecule has 0 aliphatic rings. The molecule has 1 aromatic carbocycles. The van der Waals surface area contributed by atoms with Crippen LogP contribution in [0.1, 0.15) is 23.2 Å². The zero-order valence-electron chi connectivity index (χ0n) is 10.4. The highest BCUT2D eigenvalue weighted by Gasteiger charge is 2.23. The van der Waals surface area contributed by atoms with Crippen LogP contribution in [0, 0.1) is 3.57 Å². The number of halogens is 3. The molecular formula is C12H10Cl2INO5. The molecule has 0 aromatic heterocycles. The van der Waals surface area contributed by atoms with Crippen molar-refractivity contribution in [1.82, 2.24) is 5.32 Å². The maximum absolute atomic E-state index is 12.1. The second-order valence-electron chi connectivity index (χ2n) is 4.05. The number of hydrogen-bond donors (Lipinski definition) is 3. The number of nitrogens with one attached hydrogen (secondary N) is 1. The Morgan fingerprint density at radius 2 is 1.86 bits per heavy atom. The van der Waals surface area contributed by atoms with E-state index in [-0.39, 0.29) is 28.5 Å². The molecule has 21 heavy (non-hydrogen) atoms. The largest absolute Gasteiger partial charge is 0.481 e. The average molecular weight is 446 g/mol. The number of amides is 1. The highest BCUT2D eigenvalue weighted by Crippen LogP contribution is 2.26. The summed E-state index contributed by atoms with van der Waals surface area (Å²) in [6.45, 7) is 0. The normalized spacial score (nSPS) is 11.8. The summed E-state index contributed by atoms with van der Waals surface area (Å²) in [4.78, 5) is 33.6. The van der Waals surface area contributed by atoms with Crippen LogP contribution in [0.25, 0.3) is 0 Å². The minimum Gasteiger partial charge on any atom is -0.481 e. The molecule has 1 atom stereocenters. The number of benzene rings is 1. The van der Waals surface area contributed by atoms with Crippen molar-refractivity contribution in [2.75, 3.05) is 0 Å². The molecule has 0 unspecified atom stereocenters. The first kappa shape index (κ1) is 18.0. The van der Waals surface area contributed by atoms with E-state index in [1.165, 1.54) is 12.1 Å². The van der Waals surface area contributed by atoms with E-state index in [2.05, 4.69) is 5.32 Å². The highest BCUT2D eigenvalue weighted by atomic mass is 127. The zero-order chi connectivity index (χ0) is 16.2. The van der Waals surface area contributed by atoms with E-state index in [0.717, 1.165) is 0 Å². The van der Waals surface area contributed by atoms with Gasteiger partial charge < -0.3 is 15.5 Å². The van der Waals surface area contributed by atoms with Crippen molar-refractivity contribution in [2.45, 2.75) is 18.9 Å². The Morgan fingerprint density at radius 3 is 2.38 bits per heavy atom. The highest BCUT2D eigenvalue weighted by molar-refractivity contribution is 14.1. The molecule has 3 N–H and O–H groups in total. The lowest BCUT2D eigenvalue weighted by molar-refractivity contribution is -0.140. The van der Waals surface area contributed by atoms with Crippen LogP contribution >= 0.6 is 45.8 Å². The van der Waals surface area contributed by atoms with E-state index in [1.54, 1.807) is 0 Å². The molecule has 0 bridgehead atoms. The van der Waals surface area contributed by atoms with Crippen molar-refractivity contribution in [3.63, 3.8) is 0 Å². The Morgan fingerprint density at radius 1 is 1.24 bits per heavy atom. The van der Waals surface area contributed by atoms with Crippen LogP contribution in [0.4, 0.5) is 0 Å². The third kappa shape index (κ3) is 5.33. The van der Waals surface area contributed by atoms with Gasteiger partial charge in [0.05, 0.1) is 10.6 Å². The number of rotatable bonds is 6. The Bertz CT molecular complexity index is 593. The number of aliphatic carboxylic acids is 2. The van der Waals surface area contributed by atoms with Crippen LogP contribution in [-0.2, 0) is 9.59 Å². The van der Waals surface area contributed by atoms with Crippen molar-refractivity contribution in [2.24, 2.45) is 0 Å². The first-order valence-electron chi connectivity index (χ1n) is 5.62. The van der Waals surface area contributed by atoms with Gasteiger partial charge in [-0.3, -0.25) is 9.59 Å². The summed E-state index contributed by atoms with van der Waals surface area (Å²) in [5.41, 5.74) is 0.134. The van der Waals surface area contributed by atoms with Gasteiger partial charge in [0.25, 0.3) is 5.91 Å². The van der Waals surface area contributed by atoms with Crippen molar-refractivity contribution >= 4 is 63.6 Å². The Labute approximate surface area is 143 Å². The van der Waals surface area contributed by atoms with Gasteiger partial charge in [-0.15, -0.1) is 0 Å². The second kappa shape index (κ2) is 7.81. The standard InChI is InChI=1S/C12H10Cl2INO5/c13-5-3-6(10(15)7(14)4-5)11(19)16-8(12(20)21)1-2-9(17)18/h3-4,8H,1-2H2,(H,16,19)(H,17,18)(H,20,21)/t8-/m0/s1. The molecule has 1 amide bonds. The molecule has 0 aliphatic carbocycles. The second-order valence-corrected chi connectivity index (χ2v) is 5.97. The van der Waals surface area contributed by atoms with Crippen LogP contribution in [0.5, 0.6) is 0 Å². The SMILES string of the molecule is O=C(O)CC[C@H](NC(=O)c1cc(Cl)cc(Cl)c1I)C(=O)O. The molecule has 0 fully saturated rings. The lowest BCUT2D eigenvalue weighted by atomic mass is 10.1. The lowest BCUT2D eigenvalue weighted by Crippen LogP contribution is -2.41. The fourth-order valence-corrected chi connectivity index (χ4v) is 2.53. The number of carboxylic acids is 2. The predicted molar refractivity (Wildman–Crippen MR) is 84.9 cm³/mol. The van der Waals surface area contributed by atoms with E-state index in [4.69, 9.17) is 33.4 Å². The fraction of sp³-hybridized carbons (Fsp3) is 0.250. The number of hydrogen-bond acceptors (Lipinski definition) is 3. The molecule has 0 saturated heterocycles. The van der Waals surface area contributed by atoms with Crippen LogP contribution in [0.3, 0.4) is 0 Å². The molecule has 1 aromatic rings. The summed E-state index contributed by atoms with van der Waals surface area (Å²) in [5, 5.41) is 20.3. The summed E-state index contributed by atoms with van der Waals surface area (Å²) in [6.07, 6.45) is -0.591. The van der Waals surface area contributed by atoms with Gasteiger partial charge in [-0.05, 0) is 41.1 Å². The number of carboxylic acid groups (broad SMARTS) is 2. The predicted octanol–water partition coefficient (Wildman–Crippen LogP) is 2.65. The molecular weight excluding hydrogens is 436 g/mol. The van der Waals surface area contributed by atoms with Crippen LogP contribution in [0.15, 0.2) is 12.1 Å². The van der Waals surface area contributed by atoms with Crippen molar-refractivity contribution in [1.29, 1.82) is 0 Å². The van der Waals surface area contributed by atoms with Gasteiger partial charge in [0.15, 0.2) is 0 Å². The first-order chi connectivity index (χ1) is 9.72. The van der Waals surface area contributed by atoms with E-state index < -0.39 is 23.9 Å². The number of carbonyl (C=O) groups excluding carboxylic acids is 1. The van der Waals surface area contributed by atoms with E-state index in [9.17, 15) is 14.4 Å². The maximum atomic E-state index is 12.1. The lowest BCUT2D eigenvalue weighted by Gasteiger charge is -2.14. The van der Waals surface area contributed by atoms with Crippen molar-refractivity contribution < 1.29 is 24.6 Å². The third-order valence-corrected chi connectivity index (χ3v) is 4.49. The van der Waals surface area contributed by atoms with Gasteiger partial charge in [0.1, 0.15) is 6.04 Å². The summed E-state index contributed by atoms with van der Waals surface area (Å²) < 4.78 is 0.429. The zero-order valence-corrected chi connectivity index (χ0v) is 14.1. The summed E-state index contributed by atoms with van der Waals surface area (Å²) >= 11 is 13.5. The Balaban J connectivity index is 2.92. The quantitative estimate of drug-likeness (QED) is 0.461. The fourth-order valence-electron chi connectivity index (χ4n) is 1.48. The third-order valence-electron chi connectivity index (χ3n) is 2.49. The van der Waals surface area contributed by atoms with Crippen LogP contribution in [-0.4, -0.2) is 34.1 Å². The maximum Gasteiger partial charge on any atom is 0.326 e. The summed E-state index contributed by atoms with van der Waals surface area (Å²) in [6, 6.07) is 1.52. The van der Waals surface area contributed by atoms with E-state index >= 15 is 0 Å². The van der Waals surface area contributed by atoms with Gasteiger partial charge in [-0.2, -0.15) is 0 Å². The van der Waals surface area contributed by atoms with Gasteiger partial charge in [0, 0.05) is 15.0 Å². The van der Waals surface area contributed by atoms with Crippen LogP contribution in [0.2, 0.25) is 10.0 Å². The Hall–Kier alpha value is -1.06. The molecule has 114 valence electrons. The topological polar surface area (TPSA) is 104 Å². The van der Waals surface area contributed by atoms with E-state index in [1.807, 2.05) is 22.6 Å². The van der Waals surface area contributed by atoms with Crippen molar-refractivity contribution in [3.8, 4) is 0 Å². The van der Waals surface area contributed by atoms with Gasteiger partial charge in [-0.1, -0.05) is 23.2 Å². The molecule has 0 radical (unpaired) electrons. The van der Waals surface area contributed by atoms with Gasteiger partial charge >= 0.3 is 11.9 Å². The Kier molecular flexibility index (Phi) is 6.69. The molecule has 0 heterocycles. The average Bonchev–Trinajstić information content (AvgIpc) is 2.37. The minimum atomic E-state index is -1.31. The van der Waals surface area contributed by atoms with Crippen molar-refractivity contribution in [3.05, 3.63) is 31.3 Å². The molecule has 0 spiro atoms. The van der Waals surface area contributed by atoms with E-state index in [0.29, 0.717) is 3.57 Å². The monoisotopic (exact) mass is 445 g/mol. The van der Waals surface area contributed by atoms with Gasteiger partial charge in [0.2, 0.25) is 0 Å². The first-order valence-corrected chi connectivity index (χ1v) is 7.46. The molecule has 6 nitrogen and oxygen atoms in total.